The fourth-order valence-electron chi connectivity index (χ4n) is 1.28. The van der Waals surface area contributed by atoms with Crippen LogP contribution < -0.4 is 0 Å². The number of alkyl halides is 1. The first kappa shape index (κ1) is 10.3. The van der Waals surface area contributed by atoms with Crippen molar-refractivity contribution in [3.8, 4) is 0 Å². The third-order valence-electron chi connectivity index (χ3n) is 2.01. The van der Waals surface area contributed by atoms with Gasteiger partial charge in [-0.25, -0.2) is 0 Å². The molecule has 0 spiro atoms. The van der Waals surface area contributed by atoms with Crippen LogP contribution in [0.25, 0.3) is 0 Å². The third-order valence-corrected chi connectivity index (χ3v) is 2.19. The highest BCUT2D eigenvalue weighted by Gasteiger charge is 2.34. The first-order chi connectivity index (χ1) is 6.16. The topological polar surface area (TPSA) is 37.4 Å². The number of hydrogen-bond acceptors (Lipinski definition) is 2. The van der Waals surface area contributed by atoms with Crippen LogP contribution in [0.15, 0.2) is 12.2 Å². The zero-order chi connectivity index (χ0) is 9.84. The second-order valence-corrected chi connectivity index (χ2v) is 3.38. The molecule has 72 valence electrons. The molecule has 0 bridgehead atoms. The number of allylic oxidation sites excluding steroid dienone is 1. The lowest BCUT2D eigenvalue weighted by atomic mass is 10.1. The minimum absolute atomic E-state index is 0.0794. The van der Waals surface area contributed by atoms with Crippen LogP contribution in [0.3, 0.4) is 0 Å². The Bertz CT molecular complexity index is 250. The number of imide groups is 1. The Labute approximate surface area is 82.3 Å². The molecule has 4 heteroatoms. The van der Waals surface area contributed by atoms with E-state index in [1.807, 2.05) is 0 Å². The molecule has 1 heterocycles. The summed E-state index contributed by atoms with van der Waals surface area (Å²) in [5, 5.41) is 0. The minimum atomic E-state index is -0.156. The van der Waals surface area contributed by atoms with Crippen LogP contribution in [0, 0.1) is 5.92 Å². The summed E-state index contributed by atoms with van der Waals surface area (Å²) < 4.78 is 0. The molecule has 3 nitrogen and oxygen atoms in total. The Kier molecular flexibility index (Phi) is 3.48. The van der Waals surface area contributed by atoms with E-state index in [0.717, 1.165) is 0 Å². The SMILES string of the molecule is CC1CC(=O)N(CC=CCCl)C1=O. The molecule has 0 aromatic rings. The van der Waals surface area contributed by atoms with E-state index in [9.17, 15) is 9.59 Å². The lowest BCUT2D eigenvalue weighted by molar-refractivity contribution is -0.138. The Morgan fingerprint density at radius 2 is 2.23 bits per heavy atom. The molecule has 0 aromatic heterocycles. The van der Waals surface area contributed by atoms with E-state index < -0.39 is 0 Å². The maximum absolute atomic E-state index is 11.3. The summed E-state index contributed by atoms with van der Waals surface area (Å²) in [7, 11) is 0. The summed E-state index contributed by atoms with van der Waals surface area (Å²) in [4.78, 5) is 23.8. The third kappa shape index (κ3) is 2.31. The Balaban J connectivity index is 2.54. The number of halogens is 1. The molecular weight excluding hydrogens is 190 g/mol. The van der Waals surface area contributed by atoms with Gasteiger partial charge in [0.2, 0.25) is 11.8 Å². The number of carbonyl (C=O) groups excluding carboxylic acids is 2. The van der Waals surface area contributed by atoms with Crippen LogP contribution in [0.5, 0.6) is 0 Å². The standard InChI is InChI=1S/C9H12ClNO2/c1-7-6-8(12)11(9(7)13)5-3-2-4-10/h2-3,7H,4-6H2,1H3. The minimum Gasteiger partial charge on any atom is -0.278 e. The van der Waals surface area contributed by atoms with Gasteiger partial charge in [0.25, 0.3) is 0 Å². The zero-order valence-electron chi connectivity index (χ0n) is 7.50. The maximum Gasteiger partial charge on any atom is 0.232 e. The second-order valence-electron chi connectivity index (χ2n) is 3.07. The number of rotatable bonds is 3. The fraction of sp³-hybridized carbons (Fsp3) is 0.556. The molecule has 1 saturated heterocycles. The first-order valence-corrected chi connectivity index (χ1v) is 4.75. The van der Waals surface area contributed by atoms with Crippen molar-refractivity contribution >= 4 is 23.4 Å². The van der Waals surface area contributed by atoms with Crippen LogP contribution in [-0.4, -0.2) is 29.1 Å². The lowest BCUT2D eigenvalue weighted by Gasteiger charge is -2.10. The average molecular weight is 202 g/mol. The monoisotopic (exact) mass is 201 g/mol. The van der Waals surface area contributed by atoms with Gasteiger partial charge in [-0.1, -0.05) is 19.1 Å². The van der Waals surface area contributed by atoms with E-state index in [1.54, 1.807) is 19.1 Å². The van der Waals surface area contributed by atoms with E-state index in [4.69, 9.17) is 11.6 Å². The van der Waals surface area contributed by atoms with Gasteiger partial charge in [-0.3, -0.25) is 14.5 Å². The molecule has 13 heavy (non-hydrogen) atoms. The summed E-state index contributed by atoms with van der Waals surface area (Å²) in [5.41, 5.74) is 0. The molecular formula is C9H12ClNO2. The molecule has 2 amide bonds. The molecule has 0 aliphatic carbocycles. The Morgan fingerprint density at radius 1 is 1.54 bits per heavy atom. The number of hydrogen-bond donors (Lipinski definition) is 0. The number of amides is 2. The first-order valence-electron chi connectivity index (χ1n) is 4.22. The van der Waals surface area contributed by atoms with Gasteiger partial charge in [0, 0.05) is 24.8 Å². The van der Waals surface area contributed by atoms with Crippen molar-refractivity contribution in [3.63, 3.8) is 0 Å². The van der Waals surface area contributed by atoms with Crippen LogP contribution in [0.4, 0.5) is 0 Å². The normalized spacial score (nSPS) is 23.5. The van der Waals surface area contributed by atoms with E-state index in [1.165, 1.54) is 4.90 Å². The lowest BCUT2D eigenvalue weighted by Crippen LogP contribution is -2.30. The van der Waals surface area contributed by atoms with Crippen molar-refractivity contribution in [2.24, 2.45) is 5.92 Å². The highest BCUT2D eigenvalue weighted by atomic mass is 35.5. The Morgan fingerprint density at radius 3 is 2.69 bits per heavy atom. The van der Waals surface area contributed by atoms with Gasteiger partial charge < -0.3 is 0 Å². The quantitative estimate of drug-likeness (QED) is 0.391. The highest BCUT2D eigenvalue weighted by Crippen LogP contribution is 2.18. The predicted octanol–water partition coefficient (Wildman–Crippen LogP) is 1.18. The van der Waals surface area contributed by atoms with E-state index in [2.05, 4.69) is 0 Å². The van der Waals surface area contributed by atoms with Crippen LogP contribution in [0.2, 0.25) is 0 Å². The molecule has 1 unspecified atom stereocenters. The predicted molar refractivity (Wildman–Crippen MR) is 50.4 cm³/mol. The average Bonchev–Trinajstić information content (AvgIpc) is 2.32. The van der Waals surface area contributed by atoms with Gasteiger partial charge in [0.05, 0.1) is 0 Å². The smallest absolute Gasteiger partial charge is 0.232 e. The summed E-state index contributed by atoms with van der Waals surface area (Å²) in [6.45, 7) is 2.13. The molecule has 0 saturated carbocycles. The van der Waals surface area contributed by atoms with Gasteiger partial charge in [0.15, 0.2) is 0 Å². The molecule has 1 rings (SSSR count). The molecule has 0 N–H and O–H groups in total. The van der Waals surface area contributed by atoms with Gasteiger partial charge >= 0.3 is 0 Å². The van der Waals surface area contributed by atoms with Gasteiger partial charge in [0.1, 0.15) is 0 Å². The number of nitrogens with zero attached hydrogens (tertiary/aromatic N) is 1. The second kappa shape index (κ2) is 4.42. The van der Waals surface area contributed by atoms with E-state index >= 15 is 0 Å². The summed E-state index contributed by atoms with van der Waals surface area (Å²) in [5.74, 6) is 0.0871. The van der Waals surface area contributed by atoms with Gasteiger partial charge in [-0.15, -0.1) is 11.6 Å². The van der Waals surface area contributed by atoms with Crippen molar-refractivity contribution in [3.05, 3.63) is 12.2 Å². The fourth-order valence-corrected chi connectivity index (χ4v) is 1.41. The van der Waals surface area contributed by atoms with Crippen molar-refractivity contribution in [2.75, 3.05) is 12.4 Å². The summed E-state index contributed by atoms with van der Waals surface area (Å²) in [6, 6.07) is 0. The molecule has 1 aliphatic heterocycles. The largest absolute Gasteiger partial charge is 0.278 e. The van der Waals surface area contributed by atoms with Crippen LogP contribution in [-0.2, 0) is 9.59 Å². The van der Waals surface area contributed by atoms with Crippen molar-refractivity contribution in [1.29, 1.82) is 0 Å². The number of likely N-dealkylation sites (tertiary alicyclic amines) is 1. The van der Waals surface area contributed by atoms with Crippen LogP contribution >= 0.6 is 11.6 Å². The van der Waals surface area contributed by atoms with Gasteiger partial charge in [-0.05, 0) is 0 Å². The molecule has 1 atom stereocenters. The molecule has 1 fully saturated rings. The molecule has 0 radical (unpaired) electrons. The van der Waals surface area contributed by atoms with Crippen molar-refractivity contribution < 1.29 is 9.59 Å². The highest BCUT2D eigenvalue weighted by molar-refractivity contribution is 6.18. The van der Waals surface area contributed by atoms with E-state index in [0.29, 0.717) is 18.8 Å². The van der Waals surface area contributed by atoms with Crippen LogP contribution in [0.1, 0.15) is 13.3 Å². The van der Waals surface area contributed by atoms with Gasteiger partial charge in [-0.2, -0.15) is 0 Å². The summed E-state index contributed by atoms with van der Waals surface area (Å²) >= 11 is 5.41. The molecule has 1 aliphatic rings. The van der Waals surface area contributed by atoms with Crippen molar-refractivity contribution in [2.45, 2.75) is 13.3 Å². The molecule has 0 aromatic carbocycles. The maximum atomic E-state index is 11.3. The Hall–Kier alpha value is -0.830. The summed E-state index contributed by atoms with van der Waals surface area (Å²) in [6.07, 6.45) is 3.81. The number of carbonyl (C=O) groups is 2. The zero-order valence-corrected chi connectivity index (χ0v) is 8.25. The van der Waals surface area contributed by atoms with Crippen molar-refractivity contribution in [1.82, 2.24) is 4.90 Å². The van der Waals surface area contributed by atoms with E-state index in [-0.39, 0.29) is 17.7 Å².